The van der Waals surface area contributed by atoms with Gasteiger partial charge in [-0.2, -0.15) is 15.0 Å². The van der Waals surface area contributed by atoms with Gasteiger partial charge in [0.25, 0.3) is 0 Å². The highest BCUT2D eigenvalue weighted by molar-refractivity contribution is 6.35. The van der Waals surface area contributed by atoms with Crippen LogP contribution in [0.4, 0.5) is 0 Å². The average Bonchev–Trinajstić information content (AvgIpc) is 3.72. The molecule has 0 aliphatic heterocycles. The third-order valence-electron chi connectivity index (χ3n) is 10.7. The lowest BCUT2D eigenvalue weighted by Crippen LogP contribution is -2.10. The summed E-state index contributed by atoms with van der Waals surface area (Å²) < 4.78 is 4.47. The Morgan fingerprint density at radius 2 is 0.600 bits per heavy atom. The summed E-state index contributed by atoms with van der Waals surface area (Å²) in [5.41, 5.74) is 5.26. The Balaban J connectivity index is 1.25. The number of nitrogens with zero attached hydrogens (tertiary/aromatic N) is 5. The molecule has 0 aliphatic rings. The van der Waals surface area contributed by atoms with Gasteiger partial charge >= 0.3 is 0 Å². The lowest BCUT2D eigenvalue weighted by Gasteiger charge is -2.12. The number of benzene rings is 9. The van der Waals surface area contributed by atoms with Gasteiger partial charge in [-0.15, -0.1) is 0 Å². The smallest absolute Gasteiger partial charge is 0.240 e. The molecule has 0 bridgehead atoms. The summed E-state index contributed by atoms with van der Waals surface area (Å²) in [5.74, 6) is 1.82. The minimum absolute atomic E-state index is 0.592. The third kappa shape index (κ3) is 3.24. The Morgan fingerprint density at radius 3 is 0.960 bits per heavy atom. The van der Waals surface area contributed by atoms with Crippen molar-refractivity contribution in [2.45, 2.75) is 0 Å². The second kappa shape index (κ2) is 9.40. The number of rotatable bonds is 3. The van der Waals surface area contributed by atoms with Crippen LogP contribution in [0, 0.1) is 0 Å². The van der Waals surface area contributed by atoms with Crippen LogP contribution in [0.5, 0.6) is 0 Å². The van der Waals surface area contributed by atoms with E-state index in [9.17, 15) is 0 Å². The van der Waals surface area contributed by atoms with E-state index >= 15 is 0 Å². The molecular weight excluding hydrogens is 611 g/mol. The molecule has 5 nitrogen and oxygen atoms in total. The fourth-order valence-corrected chi connectivity index (χ4v) is 8.72. The van der Waals surface area contributed by atoms with E-state index in [4.69, 9.17) is 15.0 Å². The third-order valence-corrected chi connectivity index (χ3v) is 10.7. The quantitative estimate of drug-likeness (QED) is 0.182. The van der Waals surface area contributed by atoms with E-state index in [1.165, 1.54) is 64.6 Å². The van der Waals surface area contributed by atoms with Crippen LogP contribution >= 0.6 is 0 Å². The molecule has 0 radical (unpaired) electrons. The van der Waals surface area contributed by atoms with Crippen molar-refractivity contribution in [3.8, 4) is 23.3 Å². The molecule has 9 aromatic carbocycles. The summed E-state index contributed by atoms with van der Waals surface area (Å²) in [5, 5.41) is 14.9. The van der Waals surface area contributed by atoms with Crippen LogP contribution in [0.25, 0.3) is 110 Å². The second-order valence-corrected chi connectivity index (χ2v) is 13.2. The lowest BCUT2D eigenvalue weighted by atomic mass is 9.95. The Labute approximate surface area is 285 Å². The largest absolute Gasteiger partial charge is 0.278 e. The first-order valence-corrected chi connectivity index (χ1v) is 17.0. The van der Waals surface area contributed by atoms with Crippen LogP contribution in [0.2, 0.25) is 0 Å². The molecule has 0 aliphatic carbocycles. The van der Waals surface area contributed by atoms with Gasteiger partial charge in [-0.1, -0.05) is 127 Å². The summed E-state index contributed by atoms with van der Waals surface area (Å²) in [4.78, 5) is 15.9. The molecule has 0 amide bonds. The van der Waals surface area contributed by atoms with E-state index in [1.54, 1.807) is 0 Å². The first-order chi connectivity index (χ1) is 24.8. The zero-order chi connectivity index (χ0) is 32.5. The van der Waals surface area contributed by atoms with E-state index in [0.29, 0.717) is 17.7 Å². The normalized spacial score (nSPS) is 12.4. The highest BCUT2D eigenvalue weighted by atomic mass is 15.3. The highest BCUT2D eigenvalue weighted by Gasteiger charge is 2.24. The first-order valence-electron chi connectivity index (χ1n) is 17.0. The number of hydrogen-bond acceptors (Lipinski definition) is 3. The Bertz CT molecular complexity index is 2940. The van der Waals surface area contributed by atoms with Gasteiger partial charge in [-0.3, -0.25) is 9.13 Å². The maximum atomic E-state index is 5.41. The van der Waals surface area contributed by atoms with Gasteiger partial charge in [0, 0.05) is 27.1 Å². The highest BCUT2D eigenvalue weighted by Crippen LogP contribution is 2.45. The van der Waals surface area contributed by atoms with Crippen LogP contribution in [0.15, 0.2) is 152 Å². The summed E-state index contributed by atoms with van der Waals surface area (Å²) >= 11 is 0. The maximum Gasteiger partial charge on any atom is 0.240 e. The van der Waals surface area contributed by atoms with Crippen molar-refractivity contribution in [2.24, 2.45) is 0 Å². The Hall–Kier alpha value is -6.85. The molecular formula is C45H25N5. The topological polar surface area (TPSA) is 48.5 Å². The van der Waals surface area contributed by atoms with Gasteiger partial charge in [-0.05, 0) is 67.4 Å². The fourth-order valence-electron chi connectivity index (χ4n) is 8.72. The van der Waals surface area contributed by atoms with E-state index in [1.807, 2.05) is 18.2 Å². The molecule has 3 heterocycles. The van der Waals surface area contributed by atoms with Crippen LogP contribution in [-0.4, -0.2) is 24.1 Å². The van der Waals surface area contributed by atoms with Crippen LogP contribution < -0.4 is 0 Å². The van der Waals surface area contributed by atoms with Crippen LogP contribution in [-0.2, 0) is 0 Å². The van der Waals surface area contributed by atoms with Crippen LogP contribution in [0.1, 0.15) is 0 Å². The van der Waals surface area contributed by atoms with Crippen molar-refractivity contribution >= 4 is 86.7 Å². The maximum absolute atomic E-state index is 5.41. The SMILES string of the molecule is c1ccc(-c2nc(-n3c4cccc5c6ccccc6c6cccc3c6c54)nc(-n3c4cccc5c6ccccc6c6cccc3c6c54)n2)cc1. The zero-order valence-electron chi connectivity index (χ0n) is 26.7. The molecule has 230 valence electrons. The van der Waals surface area contributed by atoms with Crippen molar-refractivity contribution in [3.05, 3.63) is 152 Å². The van der Waals surface area contributed by atoms with Crippen molar-refractivity contribution < 1.29 is 0 Å². The molecule has 12 rings (SSSR count). The van der Waals surface area contributed by atoms with Crippen molar-refractivity contribution in [2.75, 3.05) is 0 Å². The van der Waals surface area contributed by atoms with Crippen LogP contribution in [0.3, 0.4) is 0 Å². The molecule has 0 unspecified atom stereocenters. The molecule has 0 saturated carbocycles. The molecule has 50 heavy (non-hydrogen) atoms. The average molecular weight is 636 g/mol. The summed E-state index contributed by atoms with van der Waals surface area (Å²) in [6.45, 7) is 0. The molecule has 0 fully saturated rings. The lowest BCUT2D eigenvalue weighted by molar-refractivity contribution is 0.893. The van der Waals surface area contributed by atoms with Crippen molar-refractivity contribution in [3.63, 3.8) is 0 Å². The predicted octanol–water partition coefficient (Wildman–Crippen LogP) is 11.2. The predicted molar refractivity (Wildman–Crippen MR) is 206 cm³/mol. The fraction of sp³-hybridized carbons (Fsp3) is 0. The molecule has 3 aromatic heterocycles. The van der Waals surface area contributed by atoms with E-state index in [2.05, 4.69) is 143 Å². The Kier molecular flexibility index (Phi) is 4.91. The van der Waals surface area contributed by atoms with Gasteiger partial charge in [0.1, 0.15) is 0 Å². The van der Waals surface area contributed by atoms with Crippen molar-refractivity contribution in [1.29, 1.82) is 0 Å². The number of aromatic nitrogens is 5. The van der Waals surface area contributed by atoms with Gasteiger partial charge in [0.15, 0.2) is 5.82 Å². The summed E-state index contributed by atoms with van der Waals surface area (Å²) in [7, 11) is 0. The first kappa shape index (κ1) is 26.1. The number of fused-ring (bicyclic) bond motifs is 6. The van der Waals surface area contributed by atoms with E-state index < -0.39 is 0 Å². The van der Waals surface area contributed by atoms with E-state index in [-0.39, 0.29) is 0 Å². The monoisotopic (exact) mass is 635 g/mol. The molecule has 5 heteroatoms. The molecule has 0 N–H and O–H groups in total. The second-order valence-electron chi connectivity index (χ2n) is 13.2. The van der Waals surface area contributed by atoms with Crippen molar-refractivity contribution in [1.82, 2.24) is 24.1 Å². The standard InChI is InChI=1S/C45H25N5/c1-2-12-26(13-3-1)43-46-44(49-35-22-8-18-31-27-14-4-5-15-28(27)32-19-9-23-36(49)40(32)39(31)35)48-45(47-43)50-37-24-10-20-33-29-16-6-7-17-30(29)34-21-11-25-38(50)42(34)41(33)37/h1-25H. The molecule has 0 saturated heterocycles. The minimum atomic E-state index is 0.592. The summed E-state index contributed by atoms with van der Waals surface area (Å²) in [6.07, 6.45) is 0. The molecule has 0 spiro atoms. The minimum Gasteiger partial charge on any atom is -0.278 e. The van der Waals surface area contributed by atoms with Gasteiger partial charge in [0.2, 0.25) is 11.9 Å². The van der Waals surface area contributed by atoms with Gasteiger partial charge in [0.05, 0.1) is 22.1 Å². The number of hydrogen-bond donors (Lipinski definition) is 0. The van der Waals surface area contributed by atoms with Gasteiger partial charge in [-0.25, -0.2) is 0 Å². The van der Waals surface area contributed by atoms with Gasteiger partial charge < -0.3 is 0 Å². The molecule has 12 aromatic rings. The summed E-state index contributed by atoms with van der Waals surface area (Å²) in [6, 6.07) is 54.0. The zero-order valence-corrected chi connectivity index (χ0v) is 26.7. The molecule has 0 atom stereocenters. The van der Waals surface area contributed by atoms with E-state index in [0.717, 1.165) is 27.6 Å². The Morgan fingerprint density at radius 1 is 0.280 bits per heavy atom.